The van der Waals surface area contributed by atoms with Crippen molar-refractivity contribution in [2.24, 2.45) is 0 Å². The van der Waals surface area contributed by atoms with Crippen molar-refractivity contribution in [2.75, 3.05) is 18.5 Å². The number of ether oxygens (including phenoxy) is 1. The van der Waals surface area contributed by atoms with Crippen LogP contribution in [0.4, 0.5) is 10.1 Å². The summed E-state index contributed by atoms with van der Waals surface area (Å²) in [6.07, 6.45) is 0. The third-order valence-corrected chi connectivity index (χ3v) is 2.98. The second kappa shape index (κ2) is 6.74. The van der Waals surface area contributed by atoms with Gasteiger partial charge in [0.15, 0.2) is 0 Å². The van der Waals surface area contributed by atoms with Crippen molar-refractivity contribution >= 4 is 11.7 Å². The van der Waals surface area contributed by atoms with Gasteiger partial charge in [0.1, 0.15) is 18.2 Å². The largest absolute Gasteiger partial charge is 0.492 e. The third kappa shape index (κ3) is 4.21. The monoisotopic (exact) mass is 289 g/mol. The van der Waals surface area contributed by atoms with E-state index in [1.165, 1.54) is 24.3 Å². The maximum atomic E-state index is 13.0. The van der Waals surface area contributed by atoms with E-state index in [1.54, 1.807) is 18.2 Å². The topological polar surface area (TPSA) is 58.6 Å². The highest BCUT2D eigenvalue weighted by Crippen LogP contribution is 2.15. The molecule has 2 aromatic carbocycles. The van der Waals surface area contributed by atoms with E-state index in [0.29, 0.717) is 18.9 Å². The molecule has 2 N–H and O–H groups in total. The van der Waals surface area contributed by atoms with Gasteiger partial charge in [-0.1, -0.05) is 0 Å². The predicted octanol–water partition coefficient (Wildman–Crippen LogP) is 3.32. The first kappa shape index (κ1) is 14.8. The minimum absolute atomic E-state index is 0.224. The summed E-state index contributed by atoms with van der Waals surface area (Å²) in [6.45, 7) is 2.81. The molecule has 0 heterocycles. The van der Waals surface area contributed by atoms with E-state index in [1.807, 2.05) is 6.92 Å². The SMILES string of the molecule is Cc1cc(F)ccc1NCCOc1ccc(C(=O)O)cc1. The second-order valence-electron chi connectivity index (χ2n) is 4.56. The molecule has 0 unspecified atom stereocenters. The standard InChI is InChI=1S/C16H16FNO3/c1-11-10-13(17)4-7-15(11)18-8-9-21-14-5-2-12(3-6-14)16(19)20/h2-7,10,18H,8-9H2,1H3,(H,19,20). The van der Waals surface area contributed by atoms with Gasteiger partial charge in [-0.3, -0.25) is 0 Å². The minimum atomic E-state index is -0.963. The summed E-state index contributed by atoms with van der Waals surface area (Å²) in [5.74, 6) is -0.611. The number of benzene rings is 2. The van der Waals surface area contributed by atoms with Crippen LogP contribution in [0.3, 0.4) is 0 Å². The first-order valence-electron chi connectivity index (χ1n) is 6.52. The molecule has 21 heavy (non-hydrogen) atoms. The molecule has 0 radical (unpaired) electrons. The summed E-state index contributed by atoms with van der Waals surface area (Å²) in [5.41, 5.74) is 1.92. The number of aryl methyl sites for hydroxylation is 1. The van der Waals surface area contributed by atoms with Crippen LogP contribution in [0.25, 0.3) is 0 Å². The van der Waals surface area contributed by atoms with Crippen LogP contribution in [-0.4, -0.2) is 24.2 Å². The summed E-state index contributed by atoms with van der Waals surface area (Å²) in [4.78, 5) is 10.7. The van der Waals surface area contributed by atoms with Crippen molar-refractivity contribution in [1.29, 1.82) is 0 Å². The Hall–Kier alpha value is -2.56. The molecule has 0 spiro atoms. The average molecular weight is 289 g/mol. The lowest BCUT2D eigenvalue weighted by molar-refractivity contribution is 0.0697. The van der Waals surface area contributed by atoms with E-state index in [2.05, 4.69) is 5.32 Å². The van der Waals surface area contributed by atoms with Gasteiger partial charge in [-0.15, -0.1) is 0 Å². The van der Waals surface area contributed by atoms with Gasteiger partial charge in [0.25, 0.3) is 0 Å². The predicted molar refractivity (Wildman–Crippen MR) is 78.5 cm³/mol. The normalized spacial score (nSPS) is 10.2. The molecule has 110 valence electrons. The fourth-order valence-electron chi connectivity index (χ4n) is 1.87. The molecule has 0 aliphatic heterocycles. The summed E-state index contributed by atoms with van der Waals surface area (Å²) >= 11 is 0. The Labute approximate surface area is 122 Å². The summed E-state index contributed by atoms with van der Waals surface area (Å²) < 4.78 is 18.4. The second-order valence-corrected chi connectivity index (χ2v) is 4.56. The van der Waals surface area contributed by atoms with E-state index < -0.39 is 5.97 Å². The number of carboxylic acid groups (broad SMARTS) is 1. The lowest BCUT2D eigenvalue weighted by Crippen LogP contribution is -2.12. The molecule has 5 heteroatoms. The number of aromatic carboxylic acids is 1. The molecule has 0 amide bonds. The van der Waals surface area contributed by atoms with Crippen molar-refractivity contribution < 1.29 is 19.0 Å². The molecule has 0 atom stereocenters. The lowest BCUT2D eigenvalue weighted by Gasteiger charge is -2.11. The molecule has 0 aliphatic carbocycles. The zero-order valence-corrected chi connectivity index (χ0v) is 11.6. The van der Waals surface area contributed by atoms with Crippen molar-refractivity contribution in [3.05, 3.63) is 59.4 Å². The number of rotatable bonds is 6. The van der Waals surface area contributed by atoms with Crippen LogP contribution in [-0.2, 0) is 0 Å². The fraction of sp³-hybridized carbons (Fsp3) is 0.188. The molecule has 0 saturated carbocycles. The number of anilines is 1. The first-order valence-corrected chi connectivity index (χ1v) is 6.52. The van der Waals surface area contributed by atoms with Crippen molar-refractivity contribution in [2.45, 2.75) is 6.92 Å². The molecule has 2 aromatic rings. The highest BCUT2D eigenvalue weighted by atomic mass is 19.1. The Balaban J connectivity index is 1.80. The molecule has 2 rings (SSSR count). The maximum Gasteiger partial charge on any atom is 0.335 e. The van der Waals surface area contributed by atoms with Crippen LogP contribution in [0.15, 0.2) is 42.5 Å². The van der Waals surface area contributed by atoms with Crippen LogP contribution >= 0.6 is 0 Å². The third-order valence-electron chi connectivity index (χ3n) is 2.98. The van der Waals surface area contributed by atoms with Gasteiger partial charge in [0.2, 0.25) is 0 Å². The molecule has 0 fully saturated rings. The van der Waals surface area contributed by atoms with Gasteiger partial charge >= 0.3 is 5.97 Å². The van der Waals surface area contributed by atoms with Crippen molar-refractivity contribution in [1.82, 2.24) is 0 Å². The summed E-state index contributed by atoms with van der Waals surface area (Å²) in [7, 11) is 0. The average Bonchev–Trinajstić information content (AvgIpc) is 2.46. The quantitative estimate of drug-likeness (QED) is 0.801. The zero-order chi connectivity index (χ0) is 15.2. The first-order chi connectivity index (χ1) is 10.1. The Kier molecular flexibility index (Phi) is 4.77. The number of carboxylic acids is 1. The Bertz CT molecular complexity index is 626. The van der Waals surface area contributed by atoms with Gasteiger partial charge in [-0.05, 0) is 55.0 Å². The Morgan fingerprint density at radius 2 is 1.95 bits per heavy atom. The zero-order valence-electron chi connectivity index (χ0n) is 11.6. The molecule has 0 aromatic heterocycles. The maximum absolute atomic E-state index is 13.0. The van der Waals surface area contributed by atoms with Gasteiger partial charge in [0, 0.05) is 12.2 Å². The summed E-state index contributed by atoms with van der Waals surface area (Å²) in [5, 5.41) is 11.9. The van der Waals surface area contributed by atoms with Crippen LogP contribution < -0.4 is 10.1 Å². The summed E-state index contributed by atoms with van der Waals surface area (Å²) in [6, 6.07) is 10.8. The van der Waals surface area contributed by atoms with Crippen LogP contribution in [0.5, 0.6) is 5.75 Å². The number of carbonyl (C=O) groups is 1. The van der Waals surface area contributed by atoms with Gasteiger partial charge in [-0.2, -0.15) is 0 Å². The van der Waals surface area contributed by atoms with E-state index in [9.17, 15) is 9.18 Å². The Morgan fingerprint density at radius 1 is 1.24 bits per heavy atom. The van der Waals surface area contributed by atoms with E-state index in [-0.39, 0.29) is 11.4 Å². The lowest BCUT2D eigenvalue weighted by atomic mass is 10.2. The highest BCUT2D eigenvalue weighted by Gasteiger charge is 2.02. The van der Waals surface area contributed by atoms with E-state index in [0.717, 1.165) is 11.3 Å². The van der Waals surface area contributed by atoms with Gasteiger partial charge in [-0.25, -0.2) is 9.18 Å². The van der Waals surface area contributed by atoms with Crippen LogP contribution in [0.2, 0.25) is 0 Å². The van der Waals surface area contributed by atoms with Gasteiger partial charge in [0.05, 0.1) is 5.56 Å². The van der Waals surface area contributed by atoms with Crippen molar-refractivity contribution in [3.8, 4) is 5.75 Å². The number of hydrogen-bond acceptors (Lipinski definition) is 3. The smallest absolute Gasteiger partial charge is 0.335 e. The molecular weight excluding hydrogens is 273 g/mol. The molecule has 0 bridgehead atoms. The van der Waals surface area contributed by atoms with Crippen LogP contribution in [0, 0.1) is 12.7 Å². The highest BCUT2D eigenvalue weighted by molar-refractivity contribution is 5.87. The van der Waals surface area contributed by atoms with Crippen molar-refractivity contribution in [3.63, 3.8) is 0 Å². The number of nitrogens with one attached hydrogen (secondary N) is 1. The molecule has 0 aliphatic rings. The fourth-order valence-corrected chi connectivity index (χ4v) is 1.87. The minimum Gasteiger partial charge on any atom is -0.492 e. The van der Waals surface area contributed by atoms with Gasteiger partial charge < -0.3 is 15.2 Å². The molecule has 4 nitrogen and oxygen atoms in total. The number of hydrogen-bond donors (Lipinski definition) is 2. The van der Waals surface area contributed by atoms with E-state index in [4.69, 9.17) is 9.84 Å². The molecule has 0 saturated heterocycles. The molecular formula is C16H16FNO3. The van der Waals surface area contributed by atoms with E-state index >= 15 is 0 Å². The van der Waals surface area contributed by atoms with Crippen LogP contribution in [0.1, 0.15) is 15.9 Å². The number of halogens is 1. The Morgan fingerprint density at radius 3 is 2.57 bits per heavy atom.